The van der Waals surface area contributed by atoms with Crippen molar-refractivity contribution in [1.29, 1.82) is 0 Å². The number of hydrogen-bond acceptors (Lipinski definition) is 5. The van der Waals surface area contributed by atoms with Gasteiger partial charge in [0.15, 0.2) is 11.5 Å². The van der Waals surface area contributed by atoms with Crippen molar-refractivity contribution >= 4 is 22.7 Å². The lowest BCUT2D eigenvalue weighted by atomic mass is 10.1. The largest absolute Gasteiger partial charge is 0.493 e. The van der Waals surface area contributed by atoms with Gasteiger partial charge in [-0.05, 0) is 55.7 Å². The summed E-state index contributed by atoms with van der Waals surface area (Å²) in [4.78, 5) is 17.8. The Morgan fingerprint density at radius 1 is 0.939 bits per heavy atom. The van der Waals surface area contributed by atoms with Crippen molar-refractivity contribution in [3.63, 3.8) is 0 Å². The zero-order chi connectivity index (χ0) is 24.0. The number of carbonyl (C=O) groups is 1. The number of pyridine rings is 1. The van der Waals surface area contributed by atoms with Gasteiger partial charge in [0.1, 0.15) is 11.5 Å². The highest BCUT2D eigenvalue weighted by Gasteiger charge is 2.19. The number of ether oxygens (including phenoxy) is 3. The molecule has 33 heavy (non-hydrogen) atoms. The van der Waals surface area contributed by atoms with E-state index in [0.717, 1.165) is 47.7 Å². The number of benzene rings is 2. The van der Waals surface area contributed by atoms with Gasteiger partial charge in [0.25, 0.3) is 0 Å². The predicted octanol–water partition coefficient (Wildman–Crippen LogP) is 6.73. The molecular formula is C26H32N2O5. The minimum atomic E-state index is -0.941. The first-order valence-corrected chi connectivity index (χ1v) is 11.2. The van der Waals surface area contributed by atoms with Crippen molar-refractivity contribution in [2.75, 3.05) is 25.7 Å². The van der Waals surface area contributed by atoms with Crippen molar-refractivity contribution in [2.45, 2.75) is 46.5 Å². The Morgan fingerprint density at radius 2 is 1.67 bits per heavy atom. The molecule has 0 saturated carbocycles. The number of nitrogens with zero attached hydrogens (tertiary/aromatic N) is 2. The fourth-order valence-electron chi connectivity index (χ4n) is 3.86. The average molecular weight is 453 g/mol. The molecule has 7 nitrogen and oxygen atoms in total. The summed E-state index contributed by atoms with van der Waals surface area (Å²) in [5, 5.41) is 10.6. The van der Waals surface area contributed by atoms with E-state index in [0.29, 0.717) is 35.2 Å². The first kappa shape index (κ1) is 24.2. The van der Waals surface area contributed by atoms with Gasteiger partial charge in [0, 0.05) is 24.2 Å². The Bertz CT molecular complexity index is 1130. The Hall–Kier alpha value is -3.48. The van der Waals surface area contributed by atoms with Crippen LogP contribution < -0.4 is 19.1 Å². The smallest absolute Gasteiger partial charge is 0.411 e. The quantitative estimate of drug-likeness (QED) is 0.344. The van der Waals surface area contributed by atoms with E-state index in [4.69, 9.17) is 14.2 Å². The van der Waals surface area contributed by atoms with Crippen LogP contribution in [-0.2, 0) is 0 Å². The molecule has 1 aromatic heterocycles. The molecule has 3 aromatic rings. The maximum absolute atomic E-state index is 11.9. The summed E-state index contributed by atoms with van der Waals surface area (Å²) in [5.74, 6) is 2.48. The highest BCUT2D eigenvalue weighted by molar-refractivity contribution is 5.89. The van der Waals surface area contributed by atoms with E-state index in [2.05, 4.69) is 11.9 Å². The van der Waals surface area contributed by atoms with E-state index in [9.17, 15) is 9.90 Å². The van der Waals surface area contributed by atoms with Gasteiger partial charge < -0.3 is 19.3 Å². The molecule has 1 amide bonds. The summed E-state index contributed by atoms with van der Waals surface area (Å²) >= 11 is 0. The van der Waals surface area contributed by atoms with E-state index < -0.39 is 6.09 Å². The average Bonchev–Trinajstić information content (AvgIpc) is 2.81. The molecule has 176 valence electrons. The van der Waals surface area contributed by atoms with Crippen molar-refractivity contribution < 1.29 is 24.1 Å². The molecule has 3 rings (SSSR count). The topological polar surface area (TPSA) is 81.1 Å². The lowest BCUT2D eigenvalue weighted by Gasteiger charge is -2.23. The molecule has 1 N–H and O–H groups in total. The third-order valence-electron chi connectivity index (χ3n) is 5.89. The van der Waals surface area contributed by atoms with E-state index in [-0.39, 0.29) is 0 Å². The molecular weight excluding hydrogens is 420 g/mol. The summed E-state index contributed by atoms with van der Waals surface area (Å²) in [6, 6.07) is 9.10. The number of unbranched alkanes of at least 4 members (excludes halogenated alkanes) is 3. The third kappa shape index (κ3) is 5.30. The Balaban J connectivity index is 1.93. The van der Waals surface area contributed by atoms with Crippen LogP contribution in [0, 0.1) is 13.8 Å². The third-order valence-corrected chi connectivity index (χ3v) is 5.89. The molecule has 7 heteroatoms. The zero-order valence-corrected chi connectivity index (χ0v) is 20.0. The molecule has 0 aliphatic rings. The number of aromatic nitrogens is 1. The van der Waals surface area contributed by atoms with Crippen LogP contribution in [0.1, 0.15) is 43.7 Å². The molecule has 0 aliphatic heterocycles. The van der Waals surface area contributed by atoms with E-state index >= 15 is 0 Å². The minimum Gasteiger partial charge on any atom is -0.493 e. The Labute approximate surface area is 194 Å². The second kappa shape index (κ2) is 10.9. The highest BCUT2D eigenvalue weighted by atomic mass is 16.5. The zero-order valence-electron chi connectivity index (χ0n) is 20.0. The Morgan fingerprint density at radius 3 is 2.33 bits per heavy atom. The highest BCUT2D eigenvalue weighted by Crippen LogP contribution is 2.39. The second-order valence-electron chi connectivity index (χ2n) is 7.96. The molecule has 2 aromatic carbocycles. The van der Waals surface area contributed by atoms with Gasteiger partial charge >= 0.3 is 6.09 Å². The molecule has 0 bridgehead atoms. The molecule has 0 radical (unpaired) electrons. The molecule has 0 spiro atoms. The van der Waals surface area contributed by atoms with Crippen LogP contribution in [0.15, 0.2) is 36.5 Å². The van der Waals surface area contributed by atoms with Crippen LogP contribution in [0.4, 0.5) is 10.5 Å². The number of amides is 1. The first-order valence-electron chi connectivity index (χ1n) is 11.2. The van der Waals surface area contributed by atoms with Crippen molar-refractivity contribution in [3.8, 4) is 23.0 Å². The SMILES string of the molecule is CCCCCCN(C(=O)O)c1ccc(Oc2ccnc3cc(OC)c(OC)cc23)c(C)c1C. The van der Waals surface area contributed by atoms with Gasteiger partial charge in [0.2, 0.25) is 0 Å². The van der Waals surface area contributed by atoms with E-state index in [1.54, 1.807) is 26.5 Å². The van der Waals surface area contributed by atoms with Crippen LogP contribution in [0.5, 0.6) is 23.0 Å². The van der Waals surface area contributed by atoms with Crippen LogP contribution in [-0.4, -0.2) is 36.9 Å². The minimum absolute atomic E-state index is 0.479. The molecule has 0 aliphatic carbocycles. The summed E-state index contributed by atoms with van der Waals surface area (Å²) in [6.07, 6.45) is 4.81. The summed E-state index contributed by atoms with van der Waals surface area (Å²) in [7, 11) is 3.17. The Kier molecular flexibility index (Phi) is 7.98. The van der Waals surface area contributed by atoms with Crippen LogP contribution in [0.3, 0.4) is 0 Å². The molecule has 0 fully saturated rings. The number of methoxy groups -OCH3 is 2. The van der Waals surface area contributed by atoms with Crippen molar-refractivity contribution in [3.05, 3.63) is 47.7 Å². The van der Waals surface area contributed by atoms with Gasteiger partial charge in [-0.2, -0.15) is 0 Å². The fraction of sp³-hybridized carbons (Fsp3) is 0.385. The second-order valence-corrected chi connectivity index (χ2v) is 7.96. The van der Waals surface area contributed by atoms with Gasteiger partial charge in [-0.3, -0.25) is 9.88 Å². The van der Waals surface area contributed by atoms with Gasteiger partial charge in [-0.1, -0.05) is 26.2 Å². The van der Waals surface area contributed by atoms with Crippen molar-refractivity contribution in [1.82, 2.24) is 4.98 Å². The molecule has 0 saturated heterocycles. The summed E-state index contributed by atoms with van der Waals surface area (Å²) in [6.45, 7) is 6.49. The summed E-state index contributed by atoms with van der Waals surface area (Å²) in [5.41, 5.74) is 3.18. The molecule has 1 heterocycles. The lowest BCUT2D eigenvalue weighted by molar-refractivity contribution is 0.201. The maximum atomic E-state index is 11.9. The number of carboxylic acid groups (broad SMARTS) is 1. The van der Waals surface area contributed by atoms with Crippen LogP contribution in [0.2, 0.25) is 0 Å². The first-order chi connectivity index (χ1) is 15.9. The van der Waals surface area contributed by atoms with Crippen LogP contribution >= 0.6 is 0 Å². The number of hydrogen-bond donors (Lipinski definition) is 1. The number of anilines is 1. The summed E-state index contributed by atoms with van der Waals surface area (Å²) < 4.78 is 17.1. The number of fused-ring (bicyclic) bond motifs is 1. The number of rotatable bonds is 10. The van der Waals surface area contributed by atoms with E-state index in [1.165, 1.54) is 4.90 Å². The van der Waals surface area contributed by atoms with E-state index in [1.807, 2.05) is 38.1 Å². The maximum Gasteiger partial charge on any atom is 0.411 e. The van der Waals surface area contributed by atoms with Gasteiger partial charge in [0.05, 0.1) is 25.4 Å². The standard InChI is InChI=1S/C26H32N2O5/c1-6-7-8-9-14-28(26(29)30)21-10-11-22(18(3)17(21)2)33-23-12-13-27-20-16-25(32-5)24(31-4)15-19(20)23/h10-13,15-16H,6-9,14H2,1-5H3,(H,29,30). The molecule has 0 unspecified atom stereocenters. The van der Waals surface area contributed by atoms with Gasteiger partial charge in [-0.25, -0.2) is 4.79 Å². The monoisotopic (exact) mass is 452 g/mol. The van der Waals surface area contributed by atoms with Crippen molar-refractivity contribution in [2.24, 2.45) is 0 Å². The van der Waals surface area contributed by atoms with Gasteiger partial charge in [-0.15, -0.1) is 0 Å². The normalized spacial score (nSPS) is 10.8. The predicted molar refractivity (Wildman–Crippen MR) is 130 cm³/mol. The molecule has 0 atom stereocenters. The fourth-order valence-corrected chi connectivity index (χ4v) is 3.86. The lowest BCUT2D eigenvalue weighted by Crippen LogP contribution is -2.31. The van der Waals surface area contributed by atoms with Crippen LogP contribution in [0.25, 0.3) is 10.9 Å².